The molecule has 5 rings (SSSR count). The molecule has 0 bridgehead atoms. The van der Waals surface area contributed by atoms with Crippen molar-refractivity contribution in [1.82, 2.24) is 14.7 Å². The van der Waals surface area contributed by atoms with Crippen molar-refractivity contribution in [2.45, 2.75) is 46.1 Å². The summed E-state index contributed by atoms with van der Waals surface area (Å²) in [6.07, 6.45) is 8.35. The van der Waals surface area contributed by atoms with Crippen LogP contribution in [0.5, 0.6) is 5.75 Å². The number of thioether (sulfide) groups is 1. The highest BCUT2D eigenvalue weighted by Crippen LogP contribution is 2.36. The standard InChI is InChI=1S/C34H34ClN3O2S2/c1-3-5-9-24(4-2)21-37-33(39)31(42-34(37)41)20-27-22-38(29-10-7-6-8-11-29)36-32(27)26-14-18-30(19-15-26)40-23-25-12-16-28(35)17-13-25/h6-8,10-20,22,24H,3-5,9,21,23H2,1-2H3/b31-20-. The Morgan fingerprint density at radius 2 is 1.76 bits per heavy atom. The van der Waals surface area contributed by atoms with Gasteiger partial charge >= 0.3 is 0 Å². The second kappa shape index (κ2) is 14.2. The van der Waals surface area contributed by atoms with Crippen LogP contribution in [0.1, 0.15) is 50.7 Å². The second-order valence-electron chi connectivity index (χ2n) is 10.4. The highest BCUT2D eigenvalue weighted by molar-refractivity contribution is 8.26. The molecule has 0 aliphatic carbocycles. The van der Waals surface area contributed by atoms with Crippen molar-refractivity contribution < 1.29 is 9.53 Å². The first kappa shape index (κ1) is 30.1. The van der Waals surface area contributed by atoms with Crippen LogP contribution < -0.4 is 4.74 Å². The Balaban J connectivity index is 1.40. The highest BCUT2D eigenvalue weighted by Gasteiger charge is 2.33. The highest BCUT2D eigenvalue weighted by atomic mass is 35.5. The number of para-hydroxylation sites is 1. The molecule has 0 spiro atoms. The zero-order valence-corrected chi connectivity index (χ0v) is 26.2. The molecule has 1 saturated heterocycles. The number of carbonyl (C=O) groups is 1. The van der Waals surface area contributed by atoms with E-state index in [0.717, 1.165) is 59.5 Å². The molecular formula is C34H34ClN3O2S2. The van der Waals surface area contributed by atoms with E-state index in [1.54, 1.807) is 4.90 Å². The third kappa shape index (κ3) is 7.33. The van der Waals surface area contributed by atoms with E-state index in [1.165, 1.54) is 11.8 Å². The normalized spacial score (nSPS) is 15.0. The maximum absolute atomic E-state index is 13.5. The zero-order chi connectivity index (χ0) is 29.5. The molecule has 1 unspecified atom stereocenters. The lowest BCUT2D eigenvalue weighted by atomic mass is 9.99. The predicted octanol–water partition coefficient (Wildman–Crippen LogP) is 9.19. The van der Waals surface area contributed by atoms with Crippen LogP contribution in [0, 0.1) is 5.92 Å². The second-order valence-corrected chi connectivity index (χ2v) is 12.5. The minimum Gasteiger partial charge on any atom is -0.489 e. The average molecular weight is 616 g/mol. The average Bonchev–Trinajstić information content (AvgIpc) is 3.55. The summed E-state index contributed by atoms with van der Waals surface area (Å²) in [5, 5.41) is 5.64. The Kier molecular flexibility index (Phi) is 10.2. The van der Waals surface area contributed by atoms with E-state index in [4.69, 9.17) is 33.7 Å². The first-order valence-electron chi connectivity index (χ1n) is 14.3. The Bertz CT molecular complexity index is 1550. The number of aromatic nitrogens is 2. The molecule has 5 nitrogen and oxygen atoms in total. The van der Waals surface area contributed by atoms with Gasteiger partial charge in [0, 0.05) is 28.9 Å². The molecule has 1 aliphatic heterocycles. The van der Waals surface area contributed by atoms with E-state index in [9.17, 15) is 4.79 Å². The maximum atomic E-state index is 13.5. The van der Waals surface area contributed by atoms with Gasteiger partial charge in [0.2, 0.25) is 0 Å². The number of halogens is 1. The molecule has 3 aromatic carbocycles. The smallest absolute Gasteiger partial charge is 0.266 e. The van der Waals surface area contributed by atoms with E-state index in [1.807, 2.05) is 95.8 Å². The molecule has 42 heavy (non-hydrogen) atoms. The van der Waals surface area contributed by atoms with Gasteiger partial charge in [-0.15, -0.1) is 0 Å². The van der Waals surface area contributed by atoms with Crippen molar-refractivity contribution in [2.75, 3.05) is 6.54 Å². The van der Waals surface area contributed by atoms with Crippen LogP contribution in [0.2, 0.25) is 5.02 Å². The summed E-state index contributed by atoms with van der Waals surface area (Å²) in [6.45, 7) is 5.51. The lowest BCUT2D eigenvalue weighted by Crippen LogP contribution is -2.33. The Labute approximate surface area is 262 Å². The topological polar surface area (TPSA) is 47.4 Å². The zero-order valence-electron chi connectivity index (χ0n) is 23.8. The van der Waals surface area contributed by atoms with Gasteiger partial charge < -0.3 is 4.74 Å². The van der Waals surface area contributed by atoms with Crippen LogP contribution in [0.3, 0.4) is 0 Å². The summed E-state index contributed by atoms with van der Waals surface area (Å²) in [5.74, 6) is 1.18. The summed E-state index contributed by atoms with van der Waals surface area (Å²) < 4.78 is 8.47. The number of nitrogens with zero attached hydrogens (tertiary/aromatic N) is 3. The quantitative estimate of drug-likeness (QED) is 0.117. The third-order valence-corrected chi connectivity index (χ3v) is 8.98. The van der Waals surface area contributed by atoms with Crippen LogP contribution in [0.25, 0.3) is 23.0 Å². The van der Waals surface area contributed by atoms with Crippen molar-refractivity contribution in [3.63, 3.8) is 0 Å². The van der Waals surface area contributed by atoms with Crippen LogP contribution in [0.4, 0.5) is 0 Å². The third-order valence-electron chi connectivity index (χ3n) is 7.35. The summed E-state index contributed by atoms with van der Waals surface area (Å²) in [5.41, 5.74) is 4.54. The molecule has 216 valence electrons. The van der Waals surface area contributed by atoms with E-state index in [2.05, 4.69) is 13.8 Å². The summed E-state index contributed by atoms with van der Waals surface area (Å²) in [4.78, 5) is 15.9. The molecule has 1 amide bonds. The first-order chi connectivity index (χ1) is 20.4. The minimum atomic E-state index is -0.0238. The predicted molar refractivity (Wildman–Crippen MR) is 178 cm³/mol. The summed E-state index contributed by atoms with van der Waals surface area (Å²) in [6, 6.07) is 25.5. The molecule has 0 radical (unpaired) electrons. The van der Waals surface area contributed by atoms with E-state index < -0.39 is 0 Å². The molecule has 1 atom stereocenters. The van der Waals surface area contributed by atoms with E-state index in [-0.39, 0.29) is 5.91 Å². The molecule has 1 fully saturated rings. The van der Waals surface area contributed by atoms with Crippen molar-refractivity contribution in [1.29, 1.82) is 0 Å². The summed E-state index contributed by atoms with van der Waals surface area (Å²) >= 11 is 13.0. The van der Waals surface area contributed by atoms with Crippen molar-refractivity contribution in [3.05, 3.63) is 106 Å². The molecular weight excluding hydrogens is 582 g/mol. The number of ether oxygens (including phenoxy) is 1. The van der Waals surface area contributed by atoms with Gasteiger partial charge in [0.05, 0.1) is 16.3 Å². The number of hydrogen-bond acceptors (Lipinski definition) is 5. The van der Waals surface area contributed by atoms with Crippen LogP contribution in [0.15, 0.2) is 90.0 Å². The van der Waals surface area contributed by atoms with Crippen LogP contribution in [-0.2, 0) is 11.4 Å². The fourth-order valence-corrected chi connectivity index (χ4v) is 6.25. The number of thiocarbonyl (C=S) groups is 1. The molecule has 0 saturated carbocycles. The van der Waals surface area contributed by atoms with Gasteiger partial charge in [0.1, 0.15) is 16.7 Å². The maximum Gasteiger partial charge on any atom is 0.266 e. The van der Waals surface area contributed by atoms with Gasteiger partial charge in [-0.25, -0.2) is 4.68 Å². The number of benzene rings is 3. The monoisotopic (exact) mass is 615 g/mol. The SMILES string of the molecule is CCCCC(CC)CN1C(=O)/C(=C/c2cn(-c3ccccc3)nc2-c2ccc(OCc3ccc(Cl)cc3)cc2)SC1=S. The van der Waals surface area contributed by atoms with Crippen molar-refractivity contribution in [2.24, 2.45) is 5.92 Å². The molecule has 4 aromatic rings. The number of unbranched alkanes of at least 4 members (excludes halogenated alkanes) is 1. The van der Waals surface area contributed by atoms with Gasteiger partial charge in [-0.2, -0.15) is 5.10 Å². The molecule has 1 aliphatic rings. The number of rotatable bonds is 12. The van der Waals surface area contributed by atoms with Gasteiger partial charge in [0.15, 0.2) is 0 Å². The molecule has 0 N–H and O–H groups in total. The Morgan fingerprint density at radius 3 is 2.45 bits per heavy atom. The molecule has 2 heterocycles. The van der Waals surface area contributed by atoms with Crippen LogP contribution >= 0.6 is 35.6 Å². The number of hydrogen-bond donors (Lipinski definition) is 0. The molecule has 1 aromatic heterocycles. The lowest BCUT2D eigenvalue weighted by molar-refractivity contribution is -0.122. The first-order valence-corrected chi connectivity index (χ1v) is 15.9. The fraction of sp³-hybridized carbons (Fsp3) is 0.265. The van der Waals surface area contributed by atoms with Crippen LogP contribution in [-0.4, -0.2) is 31.5 Å². The number of amides is 1. The lowest BCUT2D eigenvalue weighted by Gasteiger charge is -2.21. The minimum absolute atomic E-state index is 0.0238. The Hall–Kier alpha value is -3.39. The molecule has 8 heteroatoms. The Morgan fingerprint density at radius 1 is 1.02 bits per heavy atom. The van der Waals surface area contributed by atoms with Gasteiger partial charge in [-0.1, -0.05) is 99.0 Å². The number of carbonyl (C=O) groups excluding carboxylic acids is 1. The van der Waals surface area contributed by atoms with Gasteiger partial charge in [-0.05, 0) is 72.5 Å². The van der Waals surface area contributed by atoms with E-state index >= 15 is 0 Å². The van der Waals surface area contributed by atoms with Gasteiger partial charge in [0.25, 0.3) is 5.91 Å². The largest absolute Gasteiger partial charge is 0.489 e. The van der Waals surface area contributed by atoms with Crippen molar-refractivity contribution >= 4 is 51.9 Å². The summed E-state index contributed by atoms with van der Waals surface area (Å²) in [7, 11) is 0. The van der Waals surface area contributed by atoms with Gasteiger partial charge in [-0.3, -0.25) is 9.69 Å². The van der Waals surface area contributed by atoms with E-state index in [0.29, 0.717) is 33.3 Å². The van der Waals surface area contributed by atoms with Crippen molar-refractivity contribution in [3.8, 4) is 22.7 Å². The fourth-order valence-electron chi connectivity index (χ4n) is 4.86.